The Labute approximate surface area is 202 Å². The van der Waals surface area contributed by atoms with Crippen LogP contribution in [0.5, 0.6) is 0 Å². The molecule has 6 heteroatoms. The monoisotopic (exact) mass is 458 g/mol. The Morgan fingerprint density at radius 3 is 2.15 bits per heavy atom. The average molecular weight is 459 g/mol. The van der Waals surface area contributed by atoms with E-state index < -0.39 is 5.60 Å². The molecule has 0 atom stereocenters. The van der Waals surface area contributed by atoms with Crippen LogP contribution in [0.15, 0.2) is 54.6 Å². The highest BCUT2D eigenvalue weighted by molar-refractivity contribution is 5.95. The first kappa shape index (κ1) is 22.9. The summed E-state index contributed by atoms with van der Waals surface area (Å²) in [5.74, 6) is 0. The van der Waals surface area contributed by atoms with Gasteiger partial charge >= 0.3 is 6.03 Å². The minimum atomic E-state index is -0.765. The van der Waals surface area contributed by atoms with Crippen molar-refractivity contribution in [2.75, 3.05) is 32.1 Å². The lowest BCUT2D eigenvalue weighted by Crippen LogP contribution is -2.59. The number of hydrogen-bond donors (Lipinski definition) is 1. The van der Waals surface area contributed by atoms with E-state index in [1.54, 1.807) is 12.1 Å². The van der Waals surface area contributed by atoms with Gasteiger partial charge in [-0.25, -0.2) is 4.79 Å². The molecule has 0 bridgehead atoms. The van der Waals surface area contributed by atoms with Crippen LogP contribution in [0.4, 0.5) is 10.5 Å². The Bertz CT molecular complexity index is 1080. The van der Waals surface area contributed by atoms with Crippen molar-refractivity contribution in [2.45, 2.75) is 61.6 Å². The van der Waals surface area contributed by atoms with Crippen LogP contribution in [0.25, 0.3) is 0 Å². The predicted molar refractivity (Wildman–Crippen MR) is 132 cm³/mol. The molecule has 3 fully saturated rings. The Morgan fingerprint density at radius 1 is 0.971 bits per heavy atom. The van der Waals surface area contributed by atoms with Crippen LogP contribution < -0.4 is 4.90 Å². The van der Waals surface area contributed by atoms with Gasteiger partial charge in [0, 0.05) is 11.2 Å². The topological polar surface area (TPSA) is 70.8 Å². The van der Waals surface area contributed by atoms with Gasteiger partial charge in [0.15, 0.2) is 0 Å². The Morgan fingerprint density at radius 2 is 1.62 bits per heavy atom. The number of hydrogen-bond acceptors (Lipinski definition) is 4. The van der Waals surface area contributed by atoms with Crippen LogP contribution in [0.2, 0.25) is 0 Å². The molecule has 1 saturated heterocycles. The lowest BCUT2D eigenvalue weighted by Gasteiger charge is -2.52. The number of benzene rings is 2. The second-order valence-electron chi connectivity index (χ2n) is 10.7. The fraction of sp³-hybridized carbons (Fsp3) is 0.500. The minimum Gasteiger partial charge on any atom is -0.388 e. The SMILES string of the molecule is CN(C)[C@]1(c2ccccc2)CC[C@@]2(CC1)CN(c1ccc(C#N)cc1)C(=O)N2CC1(O)CCC1. The number of amides is 2. The summed E-state index contributed by atoms with van der Waals surface area (Å²) in [6, 6.07) is 20.1. The summed E-state index contributed by atoms with van der Waals surface area (Å²) in [7, 11) is 4.31. The number of β-amino-alcohol motifs (C(OH)–C–C–N with tert-alkyl or cyclic N) is 1. The van der Waals surface area contributed by atoms with E-state index in [9.17, 15) is 9.90 Å². The highest BCUT2D eigenvalue weighted by Crippen LogP contribution is 2.50. The van der Waals surface area contributed by atoms with E-state index in [0.717, 1.165) is 50.6 Å². The summed E-state index contributed by atoms with van der Waals surface area (Å²) in [5.41, 5.74) is 1.60. The van der Waals surface area contributed by atoms with Crippen LogP contribution in [0.1, 0.15) is 56.1 Å². The molecule has 2 aromatic rings. The molecule has 3 aliphatic rings. The zero-order chi connectivity index (χ0) is 24.0. The first-order valence-electron chi connectivity index (χ1n) is 12.4. The van der Waals surface area contributed by atoms with E-state index in [2.05, 4.69) is 55.4 Å². The summed E-state index contributed by atoms with van der Waals surface area (Å²) in [4.78, 5) is 20.0. The number of anilines is 1. The van der Waals surface area contributed by atoms with Gasteiger partial charge in [-0.05, 0) is 88.9 Å². The van der Waals surface area contributed by atoms with Crippen molar-refractivity contribution in [2.24, 2.45) is 0 Å². The Balaban J connectivity index is 1.46. The van der Waals surface area contributed by atoms with Crippen molar-refractivity contribution >= 4 is 11.7 Å². The average Bonchev–Trinajstić information content (AvgIpc) is 3.10. The molecular formula is C28H34N4O2. The number of aliphatic hydroxyl groups is 1. The van der Waals surface area contributed by atoms with Crippen molar-refractivity contribution in [1.82, 2.24) is 9.80 Å². The third-order valence-corrected chi connectivity index (χ3v) is 8.71. The van der Waals surface area contributed by atoms with Gasteiger partial charge in [-0.1, -0.05) is 30.3 Å². The maximum atomic E-state index is 13.8. The second kappa shape index (κ2) is 8.41. The van der Waals surface area contributed by atoms with Crippen LogP contribution in [-0.4, -0.2) is 59.3 Å². The van der Waals surface area contributed by atoms with Crippen LogP contribution in [-0.2, 0) is 5.54 Å². The molecule has 1 spiro atoms. The zero-order valence-electron chi connectivity index (χ0n) is 20.2. The van der Waals surface area contributed by atoms with E-state index in [1.165, 1.54) is 5.56 Å². The number of nitriles is 1. The molecule has 0 unspecified atom stereocenters. The molecule has 1 heterocycles. The van der Waals surface area contributed by atoms with Gasteiger partial charge in [0.2, 0.25) is 0 Å². The highest BCUT2D eigenvalue weighted by Gasteiger charge is 2.56. The molecule has 178 valence electrons. The molecule has 34 heavy (non-hydrogen) atoms. The minimum absolute atomic E-state index is 0.0258. The molecule has 2 aliphatic carbocycles. The summed E-state index contributed by atoms with van der Waals surface area (Å²) in [5, 5.41) is 20.2. The fourth-order valence-corrected chi connectivity index (χ4v) is 6.29. The summed E-state index contributed by atoms with van der Waals surface area (Å²) in [6.45, 7) is 1.02. The molecule has 6 nitrogen and oxygen atoms in total. The van der Waals surface area contributed by atoms with Crippen molar-refractivity contribution in [3.63, 3.8) is 0 Å². The third-order valence-electron chi connectivity index (χ3n) is 8.71. The first-order chi connectivity index (χ1) is 16.3. The van der Waals surface area contributed by atoms with Gasteiger partial charge in [-0.3, -0.25) is 9.80 Å². The summed E-state index contributed by atoms with van der Waals surface area (Å²) >= 11 is 0. The van der Waals surface area contributed by atoms with Crippen molar-refractivity contribution < 1.29 is 9.90 Å². The Hall–Kier alpha value is -2.88. The number of urea groups is 1. The maximum absolute atomic E-state index is 13.8. The molecule has 2 amide bonds. The van der Waals surface area contributed by atoms with Gasteiger partial charge in [0.1, 0.15) is 0 Å². The predicted octanol–water partition coefficient (Wildman–Crippen LogP) is 4.49. The zero-order valence-corrected chi connectivity index (χ0v) is 20.2. The molecule has 1 N–H and O–H groups in total. The Kier molecular flexibility index (Phi) is 5.66. The van der Waals surface area contributed by atoms with Crippen molar-refractivity contribution in [3.8, 4) is 6.07 Å². The quantitative estimate of drug-likeness (QED) is 0.717. The van der Waals surface area contributed by atoms with Gasteiger partial charge in [-0.2, -0.15) is 5.26 Å². The van der Waals surface area contributed by atoms with Crippen LogP contribution in [0, 0.1) is 11.3 Å². The molecule has 1 aliphatic heterocycles. The van der Waals surface area contributed by atoms with Gasteiger partial charge in [-0.15, -0.1) is 0 Å². The van der Waals surface area contributed by atoms with Gasteiger partial charge in [0.05, 0.1) is 35.9 Å². The highest BCUT2D eigenvalue weighted by atomic mass is 16.3. The van der Waals surface area contributed by atoms with E-state index >= 15 is 0 Å². The molecule has 0 radical (unpaired) electrons. The van der Waals surface area contributed by atoms with Crippen LogP contribution in [0.3, 0.4) is 0 Å². The standard InChI is InChI=1S/C28H34N4O2/c1-30(2)28(23-7-4-3-5-8-23)17-15-26(16-18-28)20-31(24-11-9-22(19-29)10-12-24)25(33)32(26)21-27(34)13-6-14-27/h3-5,7-12,34H,6,13-18,20-21H2,1-2H3/t26-,28-. The molecule has 2 saturated carbocycles. The van der Waals surface area contributed by atoms with E-state index in [-0.39, 0.29) is 17.1 Å². The molecular weight excluding hydrogens is 424 g/mol. The lowest BCUT2D eigenvalue weighted by atomic mass is 9.67. The first-order valence-corrected chi connectivity index (χ1v) is 12.4. The smallest absolute Gasteiger partial charge is 0.325 e. The third kappa shape index (κ3) is 3.68. The second-order valence-corrected chi connectivity index (χ2v) is 10.7. The summed E-state index contributed by atoms with van der Waals surface area (Å²) < 4.78 is 0. The molecule has 5 rings (SSSR count). The maximum Gasteiger partial charge on any atom is 0.325 e. The molecule has 2 aromatic carbocycles. The van der Waals surface area contributed by atoms with Gasteiger partial charge in [0.25, 0.3) is 0 Å². The van der Waals surface area contributed by atoms with Crippen LogP contribution >= 0.6 is 0 Å². The lowest BCUT2D eigenvalue weighted by molar-refractivity contribution is -0.0725. The largest absolute Gasteiger partial charge is 0.388 e. The normalized spacial score (nSPS) is 28.3. The van der Waals surface area contributed by atoms with E-state index in [1.807, 2.05) is 21.9 Å². The molecule has 0 aromatic heterocycles. The van der Waals surface area contributed by atoms with E-state index in [0.29, 0.717) is 18.7 Å². The number of nitrogens with zero attached hydrogens (tertiary/aromatic N) is 4. The number of carbonyl (C=O) groups is 1. The van der Waals surface area contributed by atoms with Crippen molar-refractivity contribution in [1.29, 1.82) is 5.26 Å². The number of carbonyl (C=O) groups excluding carboxylic acids is 1. The fourth-order valence-electron chi connectivity index (χ4n) is 6.29. The van der Waals surface area contributed by atoms with Crippen molar-refractivity contribution in [3.05, 3.63) is 65.7 Å². The van der Waals surface area contributed by atoms with Gasteiger partial charge < -0.3 is 10.0 Å². The number of rotatable bonds is 5. The summed E-state index contributed by atoms with van der Waals surface area (Å²) in [6.07, 6.45) is 6.21. The van der Waals surface area contributed by atoms with E-state index in [4.69, 9.17) is 5.26 Å².